The molecule has 0 radical (unpaired) electrons. The molecule has 2 rings (SSSR count). The van der Waals surface area contributed by atoms with Crippen LogP contribution in [-0.4, -0.2) is 31.5 Å². The molecule has 3 N–H and O–H groups in total. The predicted molar refractivity (Wildman–Crippen MR) is 69.3 cm³/mol. The number of benzene rings is 1. The van der Waals surface area contributed by atoms with Crippen LogP contribution in [0, 0.1) is 0 Å². The van der Waals surface area contributed by atoms with Crippen LogP contribution in [0.1, 0.15) is 18.4 Å². The molecule has 0 bridgehead atoms. The number of nitrogens with two attached hydrogens (primary N) is 1. The van der Waals surface area contributed by atoms with Crippen LogP contribution >= 0.6 is 11.6 Å². The van der Waals surface area contributed by atoms with Gasteiger partial charge in [-0.05, 0) is 12.1 Å². The molecule has 0 saturated heterocycles. The quantitative estimate of drug-likeness (QED) is 0.785. The SMILES string of the molecule is OCCC[NH2+]Cc1cc(Cl)c2c(c1)OCCCO2. The van der Waals surface area contributed by atoms with E-state index in [1.165, 1.54) is 0 Å². The molecule has 5 heteroatoms. The third-order valence-corrected chi connectivity index (χ3v) is 3.09. The van der Waals surface area contributed by atoms with Gasteiger partial charge >= 0.3 is 0 Å². The van der Waals surface area contributed by atoms with Crippen molar-refractivity contribution in [3.8, 4) is 11.5 Å². The van der Waals surface area contributed by atoms with E-state index in [1.54, 1.807) is 0 Å². The number of hydrogen-bond donors (Lipinski definition) is 2. The molecule has 4 nitrogen and oxygen atoms in total. The Morgan fingerprint density at radius 1 is 1.28 bits per heavy atom. The minimum Gasteiger partial charge on any atom is -0.489 e. The lowest BCUT2D eigenvalue weighted by molar-refractivity contribution is -0.671. The van der Waals surface area contributed by atoms with E-state index in [4.69, 9.17) is 26.2 Å². The minimum absolute atomic E-state index is 0.235. The molecule has 1 aliphatic heterocycles. The number of ether oxygens (including phenoxy) is 2. The standard InChI is InChI=1S/C13H18ClNO3/c14-11-7-10(9-15-3-1-4-16)8-12-13(11)18-6-2-5-17-12/h7-8,15-16H,1-6,9H2/p+1. The van der Waals surface area contributed by atoms with Crippen molar-refractivity contribution in [3.63, 3.8) is 0 Å². The van der Waals surface area contributed by atoms with E-state index in [-0.39, 0.29) is 6.61 Å². The zero-order chi connectivity index (χ0) is 12.8. The second-order valence-electron chi connectivity index (χ2n) is 4.31. The summed E-state index contributed by atoms with van der Waals surface area (Å²) in [5.41, 5.74) is 1.11. The highest BCUT2D eigenvalue weighted by Gasteiger charge is 2.15. The first-order valence-corrected chi connectivity index (χ1v) is 6.69. The summed E-state index contributed by atoms with van der Waals surface area (Å²) in [6.45, 7) is 3.28. The van der Waals surface area contributed by atoms with Crippen LogP contribution in [0.3, 0.4) is 0 Å². The number of aliphatic hydroxyl groups excluding tert-OH is 1. The molecular weight excluding hydrogens is 254 g/mol. The first-order valence-electron chi connectivity index (χ1n) is 6.32. The summed E-state index contributed by atoms with van der Waals surface area (Å²) in [6.07, 6.45) is 1.68. The molecule has 0 unspecified atom stereocenters. The van der Waals surface area contributed by atoms with Gasteiger partial charge in [0, 0.05) is 25.0 Å². The third kappa shape index (κ3) is 3.51. The van der Waals surface area contributed by atoms with Crippen molar-refractivity contribution in [2.24, 2.45) is 0 Å². The summed E-state index contributed by atoms with van der Waals surface area (Å²) in [6, 6.07) is 3.91. The summed E-state index contributed by atoms with van der Waals surface area (Å²) in [7, 11) is 0. The van der Waals surface area contributed by atoms with Gasteiger partial charge in [-0.1, -0.05) is 11.6 Å². The first-order chi connectivity index (χ1) is 8.81. The monoisotopic (exact) mass is 272 g/mol. The van der Waals surface area contributed by atoms with Crippen molar-refractivity contribution in [3.05, 3.63) is 22.7 Å². The molecule has 0 spiro atoms. The van der Waals surface area contributed by atoms with Crippen LogP contribution in [0.15, 0.2) is 12.1 Å². The number of rotatable bonds is 5. The lowest BCUT2D eigenvalue weighted by Gasteiger charge is -2.11. The van der Waals surface area contributed by atoms with Crippen molar-refractivity contribution in [1.29, 1.82) is 0 Å². The van der Waals surface area contributed by atoms with E-state index in [0.717, 1.165) is 37.2 Å². The molecule has 0 fully saturated rings. The van der Waals surface area contributed by atoms with Gasteiger partial charge in [-0.3, -0.25) is 0 Å². The van der Waals surface area contributed by atoms with Gasteiger partial charge in [0.05, 0.1) is 24.8 Å². The molecule has 1 heterocycles. The van der Waals surface area contributed by atoms with Crippen LogP contribution < -0.4 is 14.8 Å². The molecule has 0 aromatic heterocycles. The maximum Gasteiger partial charge on any atom is 0.179 e. The molecule has 0 atom stereocenters. The number of aliphatic hydroxyl groups is 1. The Bertz CT molecular complexity index is 398. The largest absolute Gasteiger partial charge is 0.489 e. The average Bonchev–Trinajstić information content (AvgIpc) is 2.60. The smallest absolute Gasteiger partial charge is 0.179 e. The van der Waals surface area contributed by atoms with Crippen LogP contribution in [-0.2, 0) is 6.54 Å². The molecule has 1 aromatic carbocycles. The topological polar surface area (TPSA) is 55.3 Å². The second kappa shape index (κ2) is 6.83. The van der Waals surface area contributed by atoms with E-state index >= 15 is 0 Å². The van der Waals surface area contributed by atoms with Crippen molar-refractivity contribution in [2.75, 3.05) is 26.4 Å². The highest BCUT2D eigenvalue weighted by atomic mass is 35.5. The summed E-state index contributed by atoms with van der Waals surface area (Å²) < 4.78 is 11.2. The van der Waals surface area contributed by atoms with Gasteiger partial charge < -0.3 is 19.9 Å². The number of quaternary nitrogens is 1. The maximum atomic E-state index is 8.72. The first kappa shape index (κ1) is 13.5. The predicted octanol–water partition coefficient (Wildman–Crippen LogP) is 0.947. The average molecular weight is 273 g/mol. The molecule has 0 amide bonds. The molecule has 18 heavy (non-hydrogen) atoms. The van der Waals surface area contributed by atoms with Gasteiger partial charge in [0.25, 0.3) is 0 Å². The molecule has 0 saturated carbocycles. The molecule has 0 aliphatic carbocycles. The van der Waals surface area contributed by atoms with Crippen LogP contribution in [0.25, 0.3) is 0 Å². The molecule has 100 valence electrons. The molecular formula is C13H19ClNO3+. The van der Waals surface area contributed by atoms with Gasteiger partial charge in [-0.2, -0.15) is 0 Å². The van der Waals surface area contributed by atoms with E-state index in [9.17, 15) is 0 Å². The Balaban J connectivity index is 2.04. The van der Waals surface area contributed by atoms with E-state index < -0.39 is 0 Å². The third-order valence-electron chi connectivity index (χ3n) is 2.81. The summed E-state index contributed by atoms with van der Waals surface area (Å²) in [4.78, 5) is 0. The van der Waals surface area contributed by atoms with Gasteiger partial charge in [-0.25, -0.2) is 0 Å². The zero-order valence-corrected chi connectivity index (χ0v) is 11.1. The molecule has 1 aliphatic rings. The van der Waals surface area contributed by atoms with E-state index in [2.05, 4.69) is 5.32 Å². The lowest BCUT2D eigenvalue weighted by Crippen LogP contribution is -2.82. The van der Waals surface area contributed by atoms with Gasteiger partial charge in [0.2, 0.25) is 0 Å². The fourth-order valence-electron chi connectivity index (χ4n) is 1.91. The van der Waals surface area contributed by atoms with Crippen molar-refractivity contribution < 1.29 is 19.9 Å². The summed E-state index contributed by atoms with van der Waals surface area (Å²) in [5.74, 6) is 1.40. The summed E-state index contributed by atoms with van der Waals surface area (Å²) in [5, 5.41) is 11.5. The van der Waals surface area contributed by atoms with Crippen molar-refractivity contribution in [2.45, 2.75) is 19.4 Å². The molecule has 1 aromatic rings. The van der Waals surface area contributed by atoms with E-state index in [1.807, 2.05) is 12.1 Å². The number of fused-ring (bicyclic) bond motifs is 1. The Morgan fingerprint density at radius 3 is 2.94 bits per heavy atom. The fraction of sp³-hybridized carbons (Fsp3) is 0.538. The van der Waals surface area contributed by atoms with Gasteiger partial charge in [0.15, 0.2) is 11.5 Å². The van der Waals surface area contributed by atoms with Gasteiger partial charge in [0.1, 0.15) is 6.54 Å². The van der Waals surface area contributed by atoms with Crippen molar-refractivity contribution >= 4 is 11.6 Å². The number of hydrogen-bond acceptors (Lipinski definition) is 3. The van der Waals surface area contributed by atoms with Crippen molar-refractivity contribution in [1.82, 2.24) is 0 Å². The highest BCUT2D eigenvalue weighted by molar-refractivity contribution is 6.32. The fourth-order valence-corrected chi connectivity index (χ4v) is 2.19. The Labute approximate surface area is 112 Å². The highest BCUT2D eigenvalue weighted by Crippen LogP contribution is 2.37. The maximum absolute atomic E-state index is 8.72. The van der Waals surface area contributed by atoms with Crippen LogP contribution in [0.5, 0.6) is 11.5 Å². The second-order valence-corrected chi connectivity index (χ2v) is 4.72. The Morgan fingerprint density at radius 2 is 2.11 bits per heavy atom. The minimum atomic E-state index is 0.235. The van der Waals surface area contributed by atoms with Crippen LogP contribution in [0.2, 0.25) is 5.02 Å². The Kier molecular flexibility index (Phi) is 5.11. The lowest BCUT2D eigenvalue weighted by atomic mass is 10.2. The van der Waals surface area contributed by atoms with Crippen LogP contribution in [0.4, 0.5) is 0 Å². The number of halogens is 1. The van der Waals surface area contributed by atoms with Gasteiger partial charge in [-0.15, -0.1) is 0 Å². The van der Waals surface area contributed by atoms with E-state index in [0.29, 0.717) is 24.0 Å². The Hall–Kier alpha value is -0.970. The normalized spacial score (nSPS) is 14.3. The summed E-state index contributed by atoms with van der Waals surface area (Å²) >= 11 is 6.20. The zero-order valence-electron chi connectivity index (χ0n) is 10.3.